The van der Waals surface area contributed by atoms with E-state index in [1.807, 2.05) is 30.3 Å². The molecule has 0 aliphatic carbocycles. The molecular formula is C22H16F3N3O2S. The quantitative estimate of drug-likeness (QED) is 0.438. The zero-order valence-corrected chi connectivity index (χ0v) is 16.8. The Morgan fingerprint density at radius 1 is 1.00 bits per heavy atom. The molecule has 4 aromatic rings. The second kappa shape index (κ2) is 8.35. The van der Waals surface area contributed by atoms with Crippen LogP contribution in [0.1, 0.15) is 5.56 Å². The van der Waals surface area contributed by atoms with E-state index in [1.165, 1.54) is 35.0 Å². The number of halogens is 3. The van der Waals surface area contributed by atoms with Gasteiger partial charge in [0.25, 0.3) is 0 Å². The minimum atomic E-state index is -4.40. The van der Waals surface area contributed by atoms with Crippen LogP contribution in [0, 0.1) is 0 Å². The van der Waals surface area contributed by atoms with E-state index in [0.717, 1.165) is 21.3 Å². The van der Waals surface area contributed by atoms with E-state index in [4.69, 9.17) is 0 Å². The normalized spacial score (nSPS) is 11.6. The maximum absolute atomic E-state index is 12.9. The highest BCUT2D eigenvalue weighted by Gasteiger charge is 2.29. The van der Waals surface area contributed by atoms with Gasteiger partial charge in [-0.2, -0.15) is 13.2 Å². The molecule has 0 saturated carbocycles. The summed E-state index contributed by atoms with van der Waals surface area (Å²) in [6.07, 6.45) is 4.64. The molecule has 4 rings (SSSR count). The smallest absolute Gasteiger partial charge is 0.446 e. The van der Waals surface area contributed by atoms with Crippen LogP contribution in [-0.4, -0.2) is 24.7 Å². The average Bonchev–Trinajstić information content (AvgIpc) is 3.02. The fourth-order valence-corrected chi connectivity index (χ4v) is 3.79. The summed E-state index contributed by atoms with van der Waals surface area (Å²) in [4.78, 5) is 17.1. The summed E-state index contributed by atoms with van der Waals surface area (Å²) >= 11 is -0.241. The highest BCUT2D eigenvalue weighted by molar-refractivity contribution is 8.00. The van der Waals surface area contributed by atoms with Gasteiger partial charge in [-0.15, -0.1) is 0 Å². The summed E-state index contributed by atoms with van der Waals surface area (Å²) in [5.74, 6) is -0.309. The fourth-order valence-electron chi connectivity index (χ4n) is 3.25. The lowest BCUT2D eigenvalue weighted by molar-refractivity contribution is -0.0328. The molecule has 9 heteroatoms. The van der Waals surface area contributed by atoms with E-state index in [-0.39, 0.29) is 34.8 Å². The molecule has 0 fully saturated rings. The van der Waals surface area contributed by atoms with E-state index in [2.05, 4.69) is 4.98 Å². The molecule has 0 atom stereocenters. The molecule has 1 N–H and O–H groups in total. The Morgan fingerprint density at radius 3 is 2.39 bits per heavy atom. The topological polar surface area (TPSA) is 60.1 Å². The Morgan fingerprint density at radius 2 is 1.71 bits per heavy atom. The number of nitrogens with zero attached hydrogens (tertiary/aromatic N) is 3. The van der Waals surface area contributed by atoms with Crippen LogP contribution in [0.3, 0.4) is 0 Å². The first kappa shape index (κ1) is 20.8. The molecule has 0 unspecified atom stereocenters. The van der Waals surface area contributed by atoms with Gasteiger partial charge in [-0.3, -0.25) is 9.55 Å². The molecule has 2 heterocycles. The predicted octanol–water partition coefficient (Wildman–Crippen LogP) is 5.07. The molecule has 0 bridgehead atoms. The second-order valence-corrected chi connectivity index (χ2v) is 7.81. The Kier molecular flexibility index (Phi) is 5.60. The SMILES string of the molecule is O=c1n(Cc2ccncc2-c2ccccc2)cc(O)n1-c1ccc(SC(F)(F)F)cc1. The summed E-state index contributed by atoms with van der Waals surface area (Å²) in [7, 11) is 0. The monoisotopic (exact) mass is 443 g/mol. The number of thioether (sulfide) groups is 1. The molecule has 2 aromatic carbocycles. The van der Waals surface area contributed by atoms with Crippen LogP contribution in [0.2, 0.25) is 0 Å². The minimum Gasteiger partial charge on any atom is -0.493 e. The molecule has 0 amide bonds. The number of pyridine rings is 1. The average molecular weight is 443 g/mol. The third kappa shape index (κ3) is 4.66. The highest BCUT2D eigenvalue weighted by atomic mass is 32.2. The zero-order chi connectivity index (χ0) is 22.0. The number of alkyl halides is 3. The molecule has 2 aromatic heterocycles. The van der Waals surface area contributed by atoms with Gasteiger partial charge < -0.3 is 5.11 Å². The van der Waals surface area contributed by atoms with E-state index < -0.39 is 11.2 Å². The van der Waals surface area contributed by atoms with Gasteiger partial charge in [-0.1, -0.05) is 30.3 Å². The lowest BCUT2D eigenvalue weighted by Gasteiger charge is -2.09. The van der Waals surface area contributed by atoms with Crippen molar-refractivity contribution in [1.82, 2.24) is 14.1 Å². The molecule has 0 radical (unpaired) electrons. The largest absolute Gasteiger partial charge is 0.493 e. The van der Waals surface area contributed by atoms with Crippen LogP contribution >= 0.6 is 11.8 Å². The van der Waals surface area contributed by atoms with Crippen molar-refractivity contribution < 1.29 is 18.3 Å². The second-order valence-electron chi connectivity index (χ2n) is 6.67. The van der Waals surface area contributed by atoms with Crippen LogP contribution in [0.25, 0.3) is 16.8 Å². The molecule has 0 spiro atoms. The number of imidazole rings is 1. The fraction of sp³-hybridized carbons (Fsp3) is 0.0909. The number of aromatic nitrogens is 3. The van der Waals surface area contributed by atoms with Crippen molar-refractivity contribution in [1.29, 1.82) is 0 Å². The summed E-state index contributed by atoms with van der Waals surface area (Å²) < 4.78 is 39.9. The van der Waals surface area contributed by atoms with Crippen molar-refractivity contribution in [2.45, 2.75) is 16.9 Å². The molecule has 0 saturated heterocycles. The van der Waals surface area contributed by atoms with E-state index in [9.17, 15) is 23.1 Å². The Labute approximate surface area is 179 Å². The van der Waals surface area contributed by atoms with Crippen LogP contribution in [0.15, 0.2) is 88.9 Å². The maximum Gasteiger partial charge on any atom is 0.446 e. The Bertz CT molecular complexity index is 1250. The summed E-state index contributed by atoms with van der Waals surface area (Å²) in [5.41, 5.74) is -2.01. The van der Waals surface area contributed by atoms with Gasteiger partial charge in [0.05, 0.1) is 18.4 Å². The van der Waals surface area contributed by atoms with Crippen molar-refractivity contribution in [3.8, 4) is 22.7 Å². The van der Waals surface area contributed by atoms with Crippen molar-refractivity contribution in [2.75, 3.05) is 0 Å². The van der Waals surface area contributed by atoms with Gasteiger partial charge in [0.15, 0.2) is 0 Å². The lowest BCUT2D eigenvalue weighted by Crippen LogP contribution is -2.23. The zero-order valence-electron chi connectivity index (χ0n) is 16.0. The van der Waals surface area contributed by atoms with E-state index >= 15 is 0 Å². The van der Waals surface area contributed by atoms with E-state index in [1.54, 1.807) is 18.5 Å². The van der Waals surface area contributed by atoms with Gasteiger partial charge >= 0.3 is 11.2 Å². The first-order valence-corrected chi connectivity index (χ1v) is 9.99. The van der Waals surface area contributed by atoms with Crippen molar-refractivity contribution >= 4 is 11.8 Å². The van der Waals surface area contributed by atoms with Crippen LogP contribution in [0.4, 0.5) is 13.2 Å². The van der Waals surface area contributed by atoms with Crippen LogP contribution in [-0.2, 0) is 6.54 Å². The van der Waals surface area contributed by atoms with E-state index in [0.29, 0.717) is 0 Å². The van der Waals surface area contributed by atoms with Crippen LogP contribution in [0.5, 0.6) is 5.88 Å². The number of aromatic hydroxyl groups is 1. The predicted molar refractivity (Wildman–Crippen MR) is 112 cm³/mol. The van der Waals surface area contributed by atoms with Crippen molar-refractivity contribution in [3.05, 3.63) is 95.3 Å². The summed E-state index contributed by atoms with van der Waals surface area (Å²) in [6.45, 7) is 0.189. The number of hydrogen-bond donors (Lipinski definition) is 1. The highest BCUT2D eigenvalue weighted by Crippen LogP contribution is 2.37. The third-order valence-corrected chi connectivity index (χ3v) is 5.34. The molecule has 5 nitrogen and oxygen atoms in total. The van der Waals surface area contributed by atoms with Gasteiger partial charge in [0.2, 0.25) is 5.88 Å². The Balaban J connectivity index is 1.66. The third-order valence-electron chi connectivity index (χ3n) is 4.60. The molecular weight excluding hydrogens is 427 g/mol. The van der Waals surface area contributed by atoms with Gasteiger partial charge in [-0.05, 0) is 53.2 Å². The molecule has 0 aliphatic heterocycles. The minimum absolute atomic E-state index is 0.00694. The number of rotatable bonds is 5. The molecule has 0 aliphatic rings. The summed E-state index contributed by atoms with van der Waals surface area (Å²) in [5, 5.41) is 10.3. The first-order valence-electron chi connectivity index (χ1n) is 9.17. The first-order chi connectivity index (χ1) is 14.8. The molecule has 31 heavy (non-hydrogen) atoms. The number of benzene rings is 2. The van der Waals surface area contributed by atoms with Gasteiger partial charge in [0, 0.05) is 22.9 Å². The number of hydrogen-bond acceptors (Lipinski definition) is 4. The lowest BCUT2D eigenvalue weighted by atomic mass is 10.0. The van der Waals surface area contributed by atoms with Gasteiger partial charge in [0.1, 0.15) is 0 Å². The maximum atomic E-state index is 12.9. The van der Waals surface area contributed by atoms with Crippen LogP contribution < -0.4 is 5.69 Å². The van der Waals surface area contributed by atoms with Crippen molar-refractivity contribution in [3.63, 3.8) is 0 Å². The summed E-state index contributed by atoms with van der Waals surface area (Å²) in [6, 6.07) is 16.6. The van der Waals surface area contributed by atoms with Gasteiger partial charge in [-0.25, -0.2) is 9.36 Å². The molecule has 158 valence electrons. The van der Waals surface area contributed by atoms with Crippen molar-refractivity contribution in [2.24, 2.45) is 0 Å². The Hall–Kier alpha value is -3.46. The standard InChI is InChI=1S/C22H16F3N3O2S/c23-22(24,25)31-18-8-6-17(7-9-18)28-20(29)14-27(21(28)30)13-16-10-11-26-12-19(16)15-4-2-1-3-5-15/h1-12,14,29H,13H2.